The molecule has 1 aliphatic heterocycles. The fourth-order valence-corrected chi connectivity index (χ4v) is 3.37. The van der Waals surface area contributed by atoms with E-state index in [0.717, 1.165) is 42.8 Å². The minimum absolute atomic E-state index is 0. The van der Waals surface area contributed by atoms with Crippen molar-refractivity contribution in [1.82, 2.24) is 25.3 Å². The molecule has 2 aromatic rings. The zero-order valence-corrected chi connectivity index (χ0v) is 19.3. The number of aromatic nitrogens is 2. The van der Waals surface area contributed by atoms with Gasteiger partial charge in [-0.3, -0.25) is 4.99 Å². The third kappa shape index (κ3) is 7.09. The summed E-state index contributed by atoms with van der Waals surface area (Å²) in [5.41, 5.74) is 2.06. The van der Waals surface area contributed by atoms with Gasteiger partial charge in [-0.05, 0) is 63.0 Å². The number of nitrogens with zero attached hydrogens (tertiary/aromatic N) is 4. The highest BCUT2D eigenvalue weighted by Crippen LogP contribution is 2.15. The molecule has 28 heavy (non-hydrogen) atoms. The van der Waals surface area contributed by atoms with Crippen LogP contribution < -0.4 is 10.6 Å². The quantitative estimate of drug-likeness (QED) is 0.268. The summed E-state index contributed by atoms with van der Waals surface area (Å²) in [6.45, 7) is 7.61. The van der Waals surface area contributed by atoms with Gasteiger partial charge in [-0.25, -0.2) is 4.68 Å². The van der Waals surface area contributed by atoms with E-state index in [4.69, 9.17) is 0 Å². The van der Waals surface area contributed by atoms with Crippen molar-refractivity contribution in [1.29, 1.82) is 0 Å². The first-order valence-electron chi connectivity index (χ1n) is 10.0. The summed E-state index contributed by atoms with van der Waals surface area (Å²) in [6.07, 6.45) is 5.80. The third-order valence-corrected chi connectivity index (χ3v) is 5.15. The highest BCUT2D eigenvalue weighted by atomic mass is 127. The Morgan fingerprint density at radius 2 is 1.89 bits per heavy atom. The first-order valence-corrected chi connectivity index (χ1v) is 10.0. The van der Waals surface area contributed by atoms with Gasteiger partial charge in [0, 0.05) is 19.8 Å². The Morgan fingerprint density at radius 1 is 1.14 bits per heavy atom. The number of nitrogens with one attached hydrogen (secondary N) is 2. The predicted molar refractivity (Wildman–Crippen MR) is 127 cm³/mol. The monoisotopic (exact) mass is 496 g/mol. The molecule has 6 nitrogen and oxygen atoms in total. The average Bonchev–Trinajstić information content (AvgIpc) is 3.18. The van der Waals surface area contributed by atoms with E-state index in [9.17, 15) is 0 Å². The van der Waals surface area contributed by atoms with Gasteiger partial charge in [0.25, 0.3) is 0 Å². The Kier molecular flexibility index (Phi) is 9.77. The number of para-hydroxylation sites is 1. The van der Waals surface area contributed by atoms with Crippen molar-refractivity contribution >= 4 is 29.9 Å². The molecule has 2 heterocycles. The molecule has 3 rings (SSSR count). The fourth-order valence-electron chi connectivity index (χ4n) is 3.37. The third-order valence-electron chi connectivity index (χ3n) is 5.15. The van der Waals surface area contributed by atoms with Gasteiger partial charge >= 0.3 is 0 Å². The van der Waals surface area contributed by atoms with Crippen molar-refractivity contribution in [3.05, 3.63) is 48.3 Å². The second-order valence-corrected chi connectivity index (χ2v) is 7.32. The largest absolute Gasteiger partial charge is 0.356 e. The Labute approximate surface area is 185 Å². The Hall–Kier alpha value is -1.61. The number of rotatable bonds is 7. The number of benzene rings is 1. The number of halogens is 1. The van der Waals surface area contributed by atoms with E-state index in [1.165, 1.54) is 25.9 Å². The Balaban J connectivity index is 0.00000280. The molecule has 1 aromatic carbocycles. The number of hydrogen-bond donors (Lipinski definition) is 2. The lowest BCUT2D eigenvalue weighted by molar-refractivity contribution is 0.191. The molecular weight excluding hydrogens is 463 g/mol. The Bertz CT molecular complexity index is 707. The molecular formula is C21H33IN6. The van der Waals surface area contributed by atoms with E-state index in [1.54, 1.807) is 0 Å². The molecule has 1 saturated heterocycles. The standard InChI is InChI=1S/C21H32N6.HI/c1-18-9-14-26(15-10-18)13-6-12-23-21(22-2)24-17-19-11-16-27(25-19)20-7-4-3-5-8-20;/h3-5,7-8,11,16,18H,6,9-10,12-15,17H2,1-2H3,(H2,22,23,24);1H. The lowest BCUT2D eigenvalue weighted by Crippen LogP contribution is -2.39. The second kappa shape index (κ2) is 12.1. The maximum Gasteiger partial charge on any atom is 0.191 e. The van der Waals surface area contributed by atoms with Crippen LogP contribution in [0.15, 0.2) is 47.6 Å². The van der Waals surface area contributed by atoms with Gasteiger partial charge in [0.15, 0.2) is 5.96 Å². The van der Waals surface area contributed by atoms with Gasteiger partial charge < -0.3 is 15.5 Å². The fraction of sp³-hybridized carbons (Fsp3) is 0.524. The van der Waals surface area contributed by atoms with Gasteiger partial charge in [-0.15, -0.1) is 24.0 Å². The lowest BCUT2D eigenvalue weighted by atomic mass is 9.99. The van der Waals surface area contributed by atoms with Crippen molar-refractivity contribution < 1.29 is 0 Å². The SMILES string of the molecule is CN=C(NCCCN1CCC(C)CC1)NCc1ccn(-c2ccccc2)n1.I. The number of piperidine rings is 1. The van der Waals surface area contributed by atoms with Crippen LogP contribution in [0.2, 0.25) is 0 Å². The van der Waals surface area contributed by atoms with Crippen molar-refractivity contribution in [3.8, 4) is 5.69 Å². The minimum Gasteiger partial charge on any atom is -0.356 e. The van der Waals surface area contributed by atoms with E-state index in [2.05, 4.69) is 32.5 Å². The Morgan fingerprint density at radius 3 is 2.61 bits per heavy atom. The van der Waals surface area contributed by atoms with Gasteiger partial charge in [0.05, 0.1) is 17.9 Å². The summed E-state index contributed by atoms with van der Waals surface area (Å²) in [4.78, 5) is 6.89. The van der Waals surface area contributed by atoms with E-state index in [0.29, 0.717) is 6.54 Å². The topological polar surface area (TPSA) is 57.5 Å². The number of hydrogen-bond acceptors (Lipinski definition) is 3. The predicted octanol–water partition coefficient (Wildman–Crippen LogP) is 3.28. The van der Waals surface area contributed by atoms with Crippen molar-refractivity contribution in [2.75, 3.05) is 33.2 Å². The van der Waals surface area contributed by atoms with E-state index < -0.39 is 0 Å². The normalized spacial score (nSPS) is 15.9. The number of guanidine groups is 1. The number of likely N-dealkylation sites (tertiary alicyclic amines) is 1. The molecule has 1 fully saturated rings. The summed E-state index contributed by atoms with van der Waals surface area (Å²) < 4.78 is 1.90. The highest BCUT2D eigenvalue weighted by molar-refractivity contribution is 14.0. The van der Waals surface area contributed by atoms with Crippen LogP contribution in [0.3, 0.4) is 0 Å². The molecule has 7 heteroatoms. The smallest absolute Gasteiger partial charge is 0.191 e. The van der Waals surface area contributed by atoms with Gasteiger partial charge in [-0.2, -0.15) is 5.10 Å². The maximum atomic E-state index is 4.62. The first-order chi connectivity index (χ1) is 13.2. The van der Waals surface area contributed by atoms with Crippen LogP contribution >= 0.6 is 24.0 Å². The molecule has 1 aliphatic rings. The number of aliphatic imine (C=N–C) groups is 1. The average molecular weight is 496 g/mol. The van der Waals surface area contributed by atoms with E-state index in [1.807, 2.05) is 54.3 Å². The van der Waals surface area contributed by atoms with Crippen LogP contribution in [0.25, 0.3) is 5.69 Å². The maximum absolute atomic E-state index is 4.62. The molecule has 0 aliphatic carbocycles. The molecule has 2 N–H and O–H groups in total. The van der Waals surface area contributed by atoms with E-state index in [-0.39, 0.29) is 24.0 Å². The molecule has 1 aromatic heterocycles. The minimum atomic E-state index is 0. The van der Waals surface area contributed by atoms with Crippen molar-refractivity contribution in [2.24, 2.45) is 10.9 Å². The van der Waals surface area contributed by atoms with Crippen LogP contribution in [0.1, 0.15) is 31.9 Å². The lowest BCUT2D eigenvalue weighted by Gasteiger charge is -2.30. The van der Waals surface area contributed by atoms with Gasteiger partial charge in [-0.1, -0.05) is 25.1 Å². The molecule has 0 spiro atoms. The van der Waals surface area contributed by atoms with Crippen LogP contribution in [-0.2, 0) is 6.54 Å². The van der Waals surface area contributed by atoms with E-state index >= 15 is 0 Å². The van der Waals surface area contributed by atoms with Crippen LogP contribution in [0.4, 0.5) is 0 Å². The van der Waals surface area contributed by atoms with Crippen LogP contribution in [0.5, 0.6) is 0 Å². The first kappa shape index (κ1) is 22.7. The molecule has 0 bridgehead atoms. The molecule has 0 saturated carbocycles. The molecule has 154 valence electrons. The van der Waals surface area contributed by atoms with Gasteiger partial charge in [0.2, 0.25) is 0 Å². The molecule has 0 atom stereocenters. The zero-order chi connectivity index (χ0) is 18.9. The summed E-state index contributed by atoms with van der Waals surface area (Å²) in [6, 6.07) is 12.2. The van der Waals surface area contributed by atoms with Gasteiger partial charge in [0.1, 0.15) is 0 Å². The molecule has 0 amide bonds. The molecule has 0 unspecified atom stereocenters. The van der Waals surface area contributed by atoms with Crippen LogP contribution in [-0.4, -0.2) is 53.9 Å². The van der Waals surface area contributed by atoms with Crippen LogP contribution in [0, 0.1) is 5.92 Å². The van der Waals surface area contributed by atoms with Crippen molar-refractivity contribution in [2.45, 2.75) is 32.7 Å². The highest BCUT2D eigenvalue weighted by Gasteiger charge is 2.14. The summed E-state index contributed by atoms with van der Waals surface area (Å²) >= 11 is 0. The second-order valence-electron chi connectivity index (χ2n) is 7.32. The summed E-state index contributed by atoms with van der Waals surface area (Å²) in [5.74, 6) is 1.73. The van der Waals surface area contributed by atoms with Crippen molar-refractivity contribution in [3.63, 3.8) is 0 Å². The summed E-state index contributed by atoms with van der Waals surface area (Å²) in [7, 11) is 1.81. The zero-order valence-electron chi connectivity index (χ0n) is 17.0. The summed E-state index contributed by atoms with van der Waals surface area (Å²) in [5, 5.41) is 11.4. The molecule has 0 radical (unpaired) electrons.